The smallest absolute Gasteiger partial charge is 0.120 e. The van der Waals surface area contributed by atoms with Crippen LogP contribution in [0.3, 0.4) is 0 Å². The summed E-state index contributed by atoms with van der Waals surface area (Å²) in [6.07, 6.45) is 3.21. The van der Waals surface area contributed by atoms with Crippen molar-refractivity contribution >= 4 is 6.29 Å². The third kappa shape index (κ3) is 2.58. The summed E-state index contributed by atoms with van der Waals surface area (Å²) in [5, 5.41) is 8.43. The van der Waals surface area contributed by atoms with Gasteiger partial charge < -0.3 is 4.79 Å². The minimum atomic E-state index is 0.226. The number of aldehydes is 1. The van der Waals surface area contributed by atoms with E-state index < -0.39 is 0 Å². The molecule has 0 N–H and O–H groups in total. The summed E-state index contributed by atoms with van der Waals surface area (Å²) < 4.78 is 0. The lowest BCUT2D eigenvalue weighted by Crippen LogP contribution is -2.01. The van der Waals surface area contributed by atoms with Crippen LogP contribution in [-0.2, 0) is 4.79 Å². The van der Waals surface area contributed by atoms with Crippen molar-refractivity contribution in [2.24, 2.45) is 0 Å². The van der Waals surface area contributed by atoms with E-state index in [2.05, 4.69) is 10.2 Å². The number of aromatic nitrogens is 3. The van der Waals surface area contributed by atoms with Crippen molar-refractivity contribution in [1.29, 1.82) is 0 Å². The molecule has 0 saturated heterocycles. The van der Waals surface area contributed by atoms with Crippen LogP contribution < -0.4 is 0 Å². The molecule has 0 saturated carbocycles. The molecule has 2 rings (SSSR count). The molecule has 4 nitrogen and oxygen atoms in total. The molecule has 17 heavy (non-hydrogen) atoms. The summed E-state index contributed by atoms with van der Waals surface area (Å²) in [5.74, 6) is 0.226. The first-order valence-electron chi connectivity index (χ1n) is 5.63. The van der Waals surface area contributed by atoms with Gasteiger partial charge in [-0.05, 0) is 30.5 Å². The maximum atomic E-state index is 10.5. The Bertz CT molecular complexity index is 519. The molecule has 4 heteroatoms. The molecule has 0 aliphatic heterocycles. The molecule has 0 aliphatic carbocycles. The van der Waals surface area contributed by atoms with Gasteiger partial charge in [0.25, 0.3) is 0 Å². The van der Waals surface area contributed by atoms with Gasteiger partial charge in [0.05, 0.1) is 17.6 Å². The molecule has 88 valence electrons. The standard InChI is InChI=1S/C13H15N3O/c1-10(6-7-17)12-4-3-5-13(8-12)16-14-9-11(2)15-16/h3-5,7-10H,6H2,1-2H3. The van der Waals surface area contributed by atoms with E-state index in [-0.39, 0.29) is 5.92 Å². The fourth-order valence-corrected chi connectivity index (χ4v) is 1.70. The van der Waals surface area contributed by atoms with Crippen molar-refractivity contribution in [2.45, 2.75) is 26.2 Å². The van der Waals surface area contributed by atoms with E-state index in [1.165, 1.54) is 0 Å². The first kappa shape index (κ1) is 11.5. The van der Waals surface area contributed by atoms with Gasteiger partial charge in [-0.15, -0.1) is 0 Å². The van der Waals surface area contributed by atoms with Crippen LogP contribution >= 0.6 is 0 Å². The zero-order valence-electron chi connectivity index (χ0n) is 10.00. The third-order valence-corrected chi connectivity index (χ3v) is 2.73. The molecule has 0 radical (unpaired) electrons. The van der Waals surface area contributed by atoms with Crippen LogP contribution in [0.4, 0.5) is 0 Å². The van der Waals surface area contributed by atoms with Crippen LogP contribution in [0.1, 0.15) is 30.5 Å². The van der Waals surface area contributed by atoms with Gasteiger partial charge in [-0.25, -0.2) is 0 Å². The van der Waals surface area contributed by atoms with Gasteiger partial charge in [0.1, 0.15) is 6.29 Å². The van der Waals surface area contributed by atoms with Crippen molar-refractivity contribution in [3.05, 3.63) is 41.7 Å². The maximum absolute atomic E-state index is 10.5. The van der Waals surface area contributed by atoms with E-state index in [1.54, 1.807) is 11.0 Å². The number of rotatable bonds is 4. The molecule has 0 fully saturated rings. The Morgan fingerprint density at radius 1 is 1.47 bits per heavy atom. The minimum absolute atomic E-state index is 0.226. The number of carbonyl (C=O) groups excluding carboxylic acids is 1. The summed E-state index contributed by atoms with van der Waals surface area (Å²) >= 11 is 0. The van der Waals surface area contributed by atoms with E-state index in [4.69, 9.17) is 0 Å². The Labute approximate surface area is 100 Å². The van der Waals surface area contributed by atoms with Gasteiger partial charge in [0.15, 0.2) is 0 Å². The summed E-state index contributed by atoms with van der Waals surface area (Å²) in [5.41, 5.74) is 2.94. The summed E-state index contributed by atoms with van der Waals surface area (Å²) in [7, 11) is 0. The van der Waals surface area contributed by atoms with Gasteiger partial charge >= 0.3 is 0 Å². The van der Waals surface area contributed by atoms with Gasteiger partial charge in [-0.3, -0.25) is 0 Å². The maximum Gasteiger partial charge on any atom is 0.120 e. The van der Waals surface area contributed by atoms with Crippen molar-refractivity contribution in [2.75, 3.05) is 0 Å². The highest BCUT2D eigenvalue weighted by Gasteiger charge is 2.07. The summed E-state index contributed by atoms with van der Waals surface area (Å²) in [6.45, 7) is 3.94. The van der Waals surface area contributed by atoms with E-state index in [1.807, 2.05) is 38.1 Å². The van der Waals surface area contributed by atoms with E-state index in [9.17, 15) is 4.79 Å². The molecule has 0 bridgehead atoms. The Morgan fingerprint density at radius 2 is 2.29 bits per heavy atom. The number of carbonyl (C=O) groups is 1. The molecule has 1 aromatic carbocycles. The molecule has 0 amide bonds. The number of benzene rings is 1. The number of hydrogen-bond donors (Lipinski definition) is 0. The van der Waals surface area contributed by atoms with Crippen molar-refractivity contribution < 1.29 is 4.79 Å². The number of nitrogens with zero attached hydrogens (tertiary/aromatic N) is 3. The van der Waals surface area contributed by atoms with Crippen LogP contribution in [-0.4, -0.2) is 21.3 Å². The Hall–Kier alpha value is -1.97. The predicted octanol–water partition coefficient (Wildman–Crippen LogP) is 2.27. The van der Waals surface area contributed by atoms with Crippen LogP contribution in [0.25, 0.3) is 5.69 Å². The fourth-order valence-electron chi connectivity index (χ4n) is 1.70. The highest BCUT2D eigenvalue weighted by atomic mass is 16.1. The molecule has 2 aromatic rings. The minimum Gasteiger partial charge on any atom is -0.303 e. The van der Waals surface area contributed by atoms with Crippen molar-refractivity contribution in [3.63, 3.8) is 0 Å². The van der Waals surface area contributed by atoms with Crippen molar-refractivity contribution in [1.82, 2.24) is 15.0 Å². The van der Waals surface area contributed by atoms with Gasteiger partial charge in [-0.1, -0.05) is 19.1 Å². The predicted molar refractivity (Wildman–Crippen MR) is 65.2 cm³/mol. The van der Waals surface area contributed by atoms with E-state index in [0.29, 0.717) is 6.42 Å². The summed E-state index contributed by atoms with van der Waals surface area (Å²) in [4.78, 5) is 12.1. The van der Waals surface area contributed by atoms with E-state index >= 15 is 0 Å². The topological polar surface area (TPSA) is 47.8 Å². The average molecular weight is 229 g/mol. The molecular weight excluding hydrogens is 214 g/mol. The SMILES string of the molecule is Cc1cnn(-c2cccc(C(C)CC=O)c2)n1. The Kier molecular flexibility index (Phi) is 3.32. The number of hydrogen-bond acceptors (Lipinski definition) is 3. The molecule has 1 atom stereocenters. The highest BCUT2D eigenvalue weighted by molar-refractivity contribution is 5.52. The molecule has 0 aliphatic rings. The first-order valence-corrected chi connectivity index (χ1v) is 5.63. The molecular formula is C13H15N3O. The van der Waals surface area contributed by atoms with Crippen LogP contribution in [0.5, 0.6) is 0 Å². The Morgan fingerprint density at radius 3 is 2.94 bits per heavy atom. The quantitative estimate of drug-likeness (QED) is 0.755. The van der Waals surface area contributed by atoms with Crippen LogP contribution in [0.15, 0.2) is 30.5 Å². The van der Waals surface area contributed by atoms with Gasteiger partial charge in [-0.2, -0.15) is 15.0 Å². The second-order valence-corrected chi connectivity index (χ2v) is 4.17. The van der Waals surface area contributed by atoms with Gasteiger partial charge in [0, 0.05) is 6.42 Å². The zero-order valence-corrected chi connectivity index (χ0v) is 10.00. The summed E-state index contributed by atoms with van der Waals surface area (Å²) in [6, 6.07) is 7.96. The Balaban J connectivity index is 2.31. The second-order valence-electron chi connectivity index (χ2n) is 4.17. The monoisotopic (exact) mass is 229 g/mol. The van der Waals surface area contributed by atoms with E-state index in [0.717, 1.165) is 23.2 Å². The molecule has 1 heterocycles. The second kappa shape index (κ2) is 4.91. The number of aryl methyl sites for hydroxylation is 1. The largest absolute Gasteiger partial charge is 0.303 e. The lowest BCUT2D eigenvalue weighted by Gasteiger charge is -2.09. The third-order valence-electron chi connectivity index (χ3n) is 2.73. The van der Waals surface area contributed by atoms with Crippen LogP contribution in [0, 0.1) is 6.92 Å². The van der Waals surface area contributed by atoms with Gasteiger partial charge in [0.2, 0.25) is 0 Å². The fraction of sp³-hybridized carbons (Fsp3) is 0.308. The lowest BCUT2D eigenvalue weighted by atomic mass is 9.98. The molecule has 1 unspecified atom stereocenters. The lowest BCUT2D eigenvalue weighted by molar-refractivity contribution is -0.108. The normalized spacial score (nSPS) is 12.4. The first-order chi connectivity index (χ1) is 8.20. The highest BCUT2D eigenvalue weighted by Crippen LogP contribution is 2.20. The van der Waals surface area contributed by atoms with Crippen molar-refractivity contribution in [3.8, 4) is 5.69 Å². The zero-order chi connectivity index (χ0) is 12.3. The van der Waals surface area contributed by atoms with Crippen LogP contribution in [0.2, 0.25) is 0 Å². The average Bonchev–Trinajstić information content (AvgIpc) is 2.76. The molecule has 0 spiro atoms. The molecule has 1 aromatic heterocycles.